The van der Waals surface area contributed by atoms with Crippen molar-refractivity contribution in [1.29, 1.82) is 0 Å². The smallest absolute Gasteiger partial charge is 0.137 e. The number of carbonyl (C=O) groups is 1. The molecular weight excluding hydrogens is 370 g/mol. The molecule has 5 heteroatoms. The molecule has 0 amide bonds. The van der Waals surface area contributed by atoms with Crippen LogP contribution in [0.3, 0.4) is 0 Å². The van der Waals surface area contributed by atoms with E-state index in [0.717, 1.165) is 49.2 Å². The maximum atomic E-state index is 11.9. The summed E-state index contributed by atoms with van der Waals surface area (Å²) in [6.45, 7) is 0.745. The fourth-order valence-corrected chi connectivity index (χ4v) is 5.34. The molecule has 1 fully saturated rings. The van der Waals surface area contributed by atoms with Gasteiger partial charge >= 0.3 is 0 Å². The zero-order valence-electron chi connectivity index (χ0n) is 16.3. The molecule has 28 heavy (non-hydrogen) atoms. The molecule has 3 aromatic rings. The van der Waals surface area contributed by atoms with E-state index in [9.17, 15) is 4.79 Å². The second-order valence-corrected chi connectivity index (χ2v) is 8.32. The normalized spacial score (nSPS) is 20.2. The van der Waals surface area contributed by atoms with Gasteiger partial charge < -0.3 is 14.3 Å². The molecule has 0 saturated carbocycles. The van der Waals surface area contributed by atoms with Crippen LogP contribution in [-0.2, 0) is 11.3 Å². The highest BCUT2D eigenvalue weighted by Gasteiger charge is 2.35. The molecule has 0 aliphatic carbocycles. The Hall–Kier alpha value is -2.37. The summed E-state index contributed by atoms with van der Waals surface area (Å²) in [6, 6.07) is 16.5. The average molecular weight is 396 g/mol. The molecule has 4 nitrogen and oxygen atoms in total. The van der Waals surface area contributed by atoms with Gasteiger partial charge in [-0.05, 0) is 48.9 Å². The van der Waals surface area contributed by atoms with Crippen molar-refractivity contribution in [1.82, 2.24) is 4.90 Å². The molecule has 0 spiro atoms. The summed E-state index contributed by atoms with van der Waals surface area (Å²) in [5.74, 6) is 1.63. The zero-order chi connectivity index (χ0) is 19.5. The molecular formula is C23H25NO3S. The largest absolute Gasteiger partial charge is 0.496 e. The van der Waals surface area contributed by atoms with Gasteiger partial charge in [-0.1, -0.05) is 24.3 Å². The summed E-state index contributed by atoms with van der Waals surface area (Å²) in [5.41, 5.74) is 1.04. The Bertz CT molecular complexity index is 912. The van der Waals surface area contributed by atoms with Gasteiger partial charge in [0, 0.05) is 22.2 Å². The molecule has 146 valence electrons. The SMILES string of the molecule is COc1cccc(OC)c1C1CCCC(C=O)N1Cc1cc2ccccc2s1. The molecule has 1 aromatic heterocycles. The van der Waals surface area contributed by atoms with Crippen molar-refractivity contribution < 1.29 is 14.3 Å². The van der Waals surface area contributed by atoms with Crippen molar-refractivity contribution >= 4 is 27.7 Å². The monoisotopic (exact) mass is 395 g/mol. The lowest BCUT2D eigenvalue weighted by Crippen LogP contribution is -2.42. The number of nitrogens with zero attached hydrogens (tertiary/aromatic N) is 1. The number of likely N-dealkylation sites (tertiary alicyclic amines) is 1. The van der Waals surface area contributed by atoms with Crippen molar-refractivity contribution in [3.63, 3.8) is 0 Å². The molecule has 2 atom stereocenters. The minimum atomic E-state index is -0.0985. The molecule has 2 unspecified atom stereocenters. The number of piperidine rings is 1. The van der Waals surface area contributed by atoms with Crippen molar-refractivity contribution in [2.24, 2.45) is 0 Å². The van der Waals surface area contributed by atoms with Crippen LogP contribution in [-0.4, -0.2) is 31.4 Å². The first-order chi connectivity index (χ1) is 13.7. The number of methoxy groups -OCH3 is 2. The van der Waals surface area contributed by atoms with Crippen molar-refractivity contribution in [3.8, 4) is 11.5 Å². The fourth-order valence-electron chi connectivity index (χ4n) is 4.27. The van der Waals surface area contributed by atoms with Crippen LogP contribution < -0.4 is 9.47 Å². The number of fused-ring (bicyclic) bond motifs is 1. The molecule has 1 aliphatic heterocycles. The third kappa shape index (κ3) is 3.52. The lowest BCUT2D eigenvalue weighted by molar-refractivity contribution is -0.115. The Balaban J connectivity index is 1.74. The second-order valence-electron chi connectivity index (χ2n) is 7.15. The highest BCUT2D eigenvalue weighted by atomic mass is 32.1. The van der Waals surface area contributed by atoms with E-state index < -0.39 is 0 Å². The molecule has 0 N–H and O–H groups in total. The summed E-state index contributed by atoms with van der Waals surface area (Å²) in [4.78, 5) is 15.5. The number of carbonyl (C=O) groups excluding carboxylic acids is 1. The first-order valence-electron chi connectivity index (χ1n) is 9.64. The Morgan fingerprint density at radius 1 is 1.07 bits per heavy atom. The van der Waals surface area contributed by atoms with Crippen LogP contribution in [0, 0.1) is 0 Å². The lowest BCUT2D eigenvalue weighted by Gasteiger charge is -2.40. The molecule has 1 saturated heterocycles. The van der Waals surface area contributed by atoms with E-state index in [1.165, 1.54) is 15.0 Å². The maximum Gasteiger partial charge on any atom is 0.137 e. The van der Waals surface area contributed by atoms with E-state index in [1.54, 1.807) is 25.6 Å². The van der Waals surface area contributed by atoms with Crippen molar-refractivity contribution in [2.45, 2.75) is 37.9 Å². The van der Waals surface area contributed by atoms with E-state index in [4.69, 9.17) is 9.47 Å². The van der Waals surface area contributed by atoms with Gasteiger partial charge in [0.1, 0.15) is 17.8 Å². The molecule has 2 heterocycles. The van der Waals surface area contributed by atoms with E-state index in [0.29, 0.717) is 0 Å². The highest BCUT2D eigenvalue weighted by molar-refractivity contribution is 7.19. The van der Waals surface area contributed by atoms with Crippen LogP contribution in [0.4, 0.5) is 0 Å². The van der Waals surface area contributed by atoms with Crippen molar-refractivity contribution in [3.05, 3.63) is 59.0 Å². The molecule has 0 bridgehead atoms. The summed E-state index contributed by atoms with van der Waals surface area (Å²) >= 11 is 1.80. The van der Waals surface area contributed by atoms with Crippen LogP contribution in [0.25, 0.3) is 10.1 Å². The van der Waals surface area contributed by atoms with E-state index in [2.05, 4.69) is 35.2 Å². The molecule has 2 aromatic carbocycles. The van der Waals surface area contributed by atoms with Gasteiger partial charge in [-0.3, -0.25) is 4.90 Å². The Kier molecular flexibility index (Phi) is 5.64. The van der Waals surface area contributed by atoms with Crippen LogP contribution in [0.2, 0.25) is 0 Å². The van der Waals surface area contributed by atoms with Gasteiger partial charge in [-0.2, -0.15) is 0 Å². The number of hydrogen-bond acceptors (Lipinski definition) is 5. The molecule has 0 radical (unpaired) electrons. The zero-order valence-corrected chi connectivity index (χ0v) is 17.1. The third-order valence-corrected chi connectivity index (χ3v) is 6.68. The molecule has 1 aliphatic rings. The predicted molar refractivity (Wildman–Crippen MR) is 113 cm³/mol. The van der Waals surface area contributed by atoms with Gasteiger partial charge in [-0.15, -0.1) is 11.3 Å². The number of thiophene rings is 1. The minimum absolute atomic E-state index is 0.0836. The number of ether oxygens (including phenoxy) is 2. The average Bonchev–Trinajstić information content (AvgIpc) is 3.15. The fraction of sp³-hybridized carbons (Fsp3) is 0.348. The van der Waals surface area contributed by atoms with Gasteiger partial charge in [0.25, 0.3) is 0 Å². The standard InChI is InChI=1S/C23H25NO3S/c1-26-20-10-6-11-21(27-2)23(20)19-9-5-8-17(15-25)24(19)14-18-13-16-7-3-4-12-22(16)28-18/h3-4,6-7,10-13,15,17,19H,5,8-9,14H2,1-2H3. The Morgan fingerprint density at radius 2 is 1.82 bits per heavy atom. The molecule has 4 rings (SSSR count). The van der Waals surface area contributed by atoms with Crippen molar-refractivity contribution in [2.75, 3.05) is 14.2 Å². The third-order valence-electron chi connectivity index (χ3n) is 5.57. The summed E-state index contributed by atoms with van der Waals surface area (Å²) < 4.78 is 12.6. The number of benzene rings is 2. The van der Waals surface area contributed by atoms with Gasteiger partial charge in [0.15, 0.2) is 0 Å². The Labute approximate surface area is 169 Å². The predicted octanol–water partition coefficient (Wildman–Crippen LogP) is 5.21. The van der Waals surface area contributed by atoms with Gasteiger partial charge in [0.2, 0.25) is 0 Å². The quantitative estimate of drug-likeness (QED) is 0.537. The van der Waals surface area contributed by atoms with Gasteiger partial charge in [0.05, 0.1) is 25.8 Å². The first-order valence-corrected chi connectivity index (χ1v) is 10.5. The number of rotatable bonds is 6. The van der Waals surface area contributed by atoms with E-state index in [-0.39, 0.29) is 12.1 Å². The second kappa shape index (κ2) is 8.33. The number of aldehydes is 1. The topological polar surface area (TPSA) is 38.8 Å². The summed E-state index contributed by atoms with van der Waals surface area (Å²) in [7, 11) is 3.38. The number of hydrogen-bond donors (Lipinski definition) is 0. The Morgan fingerprint density at radius 3 is 2.50 bits per heavy atom. The van der Waals surface area contributed by atoms with Crippen LogP contribution in [0.1, 0.15) is 35.7 Å². The van der Waals surface area contributed by atoms with Crippen LogP contribution >= 0.6 is 11.3 Å². The van der Waals surface area contributed by atoms with Crippen LogP contribution in [0.5, 0.6) is 11.5 Å². The van der Waals surface area contributed by atoms with E-state index >= 15 is 0 Å². The maximum absolute atomic E-state index is 11.9. The summed E-state index contributed by atoms with van der Waals surface area (Å²) in [5, 5.41) is 1.26. The van der Waals surface area contributed by atoms with Crippen LogP contribution in [0.15, 0.2) is 48.5 Å². The minimum Gasteiger partial charge on any atom is -0.496 e. The first kappa shape index (κ1) is 19.0. The summed E-state index contributed by atoms with van der Waals surface area (Å²) in [6.07, 6.45) is 3.98. The van der Waals surface area contributed by atoms with E-state index in [1.807, 2.05) is 18.2 Å². The lowest BCUT2D eigenvalue weighted by atomic mass is 9.90. The highest BCUT2D eigenvalue weighted by Crippen LogP contribution is 2.44. The van der Waals surface area contributed by atoms with Gasteiger partial charge in [-0.25, -0.2) is 0 Å².